The lowest BCUT2D eigenvalue weighted by Crippen LogP contribution is -2.43. The highest BCUT2D eigenvalue weighted by molar-refractivity contribution is 6.18. The predicted molar refractivity (Wildman–Crippen MR) is 106 cm³/mol. The highest BCUT2D eigenvalue weighted by Gasteiger charge is 2.71. The van der Waals surface area contributed by atoms with Crippen molar-refractivity contribution in [3.8, 4) is 11.8 Å². The molecule has 0 amide bonds. The molecule has 1 saturated carbocycles. The normalized spacial score (nSPS) is 28.9. The summed E-state index contributed by atoms with van der Waals surface area (Å²) in [7, 11) is 0. The summed E-state index contributed by atoms with van der Waals surface area (Å²) in [6.45, 7) is 11.3. The molecule has 1 aliphatic heterocycles. The van der Waals surface area contributed by atoms with Crippen LogP contribution in [0.15, 0.2) is 24.3 Å². The van der Waals surface area contributed by atoms with Crippen molar-refractivity contribution < 1.29 is 14.3 Å². The number of benzene rings is 1. The van der Waals surface area contributed by atoms with Gasteiger partial charge in [-0.25, -0.2) is 4.79 Å². The standard InChI is InChI=1S/C24H28O3/c1-6-26-20(25)19-10-8-17-15-16(7-9-18(17)19)11-12-24-21(27-24)22(2,3)13-14-23(24,4)5/h7,9-10,15,21H,6,8,13-14H2,1-5H3. The van der Waals surface area contributed by atoms with E-state index in [0.29, 0.717) is 12.2 Å². The summed E-state index contributed by atoms with van der Waals surface area (Å²) in [6, 6.07) is 6.09. The van der Waals surface area contributed by atoms with E-state index in [1.807, 2.05) is 25.1 Å². The van der Waals surface area contributed by atoms with Crippen molar-refractivity contribution in [2.24, 2.45) is 10.8 Å². The molecule has 0 spiro atoms. The smallest absolute Gasteiger partial charge is 0.338 e. The summed E-state index contributed by atoms with van der Waals surface area (Å²) in [4.78, 5) is 12.1. The maximum atomic E-state index is 12.1. The Morgan fingerprint density at radius 1 is 1.26 bits per heavy atom. The Bertz CT molecular complexity index is 894. The van der Waals surface area contributed by atoms with Crippen molar-refractivity contribution in [3.63, 3.8) is 0 Å². The summed E-state index contributed by atoms with van der Waals surface area (Å²) >= 11 is 0. The molecular formula is C24H28O3. The molecule has 0 aromatic heterocycles. The van der Waals surface area contributed by atoms with Crippen LogP contribution in [0.3, 0.4) is 0 Å². The van der Waals surface area contributed by atoms with Crippen LogP contribution in [-0.4, -0.2) is 24.3 Å². The van der Waals surface area contributed by atoms with E-state index in [1.165, 1.54) is 6.42 Å². The second-order valence-corrected chi connectivity index (χ2v) is 9.27. The lowest BCUT2D eigenvalue weighted by atomic mass is 9.61. The van der Waals surface area contributed by atoms with Gasteiger partial charge < -0.3 is 9.47 Å². The Hall–Kier alpha value is -2.05. The number of carbonyl (C=O) groups is 1. The van der Waals surface area contributed by atoms with Gasteiger partial charge in [0.05, 0.1) is 12.2 Å². The average molecular weight is 364 g/mol. The fourth-order valence-electron chi connectivity index (χ4n) is 4.58. The van der Waals surface area contributed by atoms with Gasteiger partial charge in [-0.2, -0.15) is 0 Å². The number of hydrogen-bond acceptors (Lipinski definition) is 3. The summed E-state index contributed by atoms with van der Waals surface area (Å²) in [5, 5.41) is 0. The van der Waals surface area contributed by atoms with Crippen LogP contribution < -0.4 is 0 Å². The van der Waals surface area contributed by atoms with Crippen LogP contribution in [0.1, 0.15) is 64.2 Å². The number of rotatable bonds is 2. The average Bonchev–Trinajstić information content (AvgIpc) is 3.26. The fraction of sp³-hybridized carbons (Fsp3) is 0.542. The first-order valence-corrected chi connectivity index (χ1v) is 9.92. The Kier molecular flexibility index (Phi) is 4.05. The van der Waals surface area contributed by atoms with Crippen LogP contribution in [0, 0.1) is 22.7 Å². The van der Waals surface area contributed by atoms with E-state index in [4.69, 9.17) is 9.47 Å². The maximum absolute atomic E-state index is 12.1. The number of esters is 1. The van der Waals surface area contributed by atoms with Crippen LogP contribution in [0.2, 0.25) is 0 Å². The molecule has 1 saturated heterocycles. The summed E-state index contributed by atoms with van der Waals surface area (Å²) < 4.78 is 11.4. The lowest BCUT2D eigenvalue weighted by Gasteiger charge is -2.39. The van der Waals surface area contributed by atoms with Gasteiger partial charge in [0.15, 0.2) is 5.60 Å². The number of ether oxygens (including phenoxy) is 2. The zero-order chi connectivity index (χ0) is 19.4. The van der Waals surface area contributed by atoms with E-state index in [2.05, 4.69) is 45.6 Å². The number of carbonyl (C=O) groups excluding carboxylic acids is 1. The van der Waals surface area contributed by atoms with Crippen molar-refractivity contribution in [2.45, 2.75) is 65.6 Å². The highest BCUT2D eigenvalue weighted by Crippen LogP contribution is 2.63. The van der Waals surface area contributed by atoms with Gasteiger partial charge >= 0.3 is 5.97 Å². The molecule has 1 aromatic rings. The van der Waals surface area contributed by atoms with Gasteiger partial charge in [0.25, 0.3) is 0 Å². The van der Waals surface area contributed by atoms with Crippen molar-refractivity contribution >= 4 is 11.5 Å². The quantitative estimate of drug-likeness (QED) is 0.440. The molecule has 1 heterocycles. The number of epoxide rings is 1. The van der Waals surface area contributed by atoms with Gasteiger partial charge in [0, 0.05) is 11.0 Å². The third kappa shape index (κ3) is 2.82. The van der Waals surface area contributed by atoms with Gasteiger partial charge in [-0.05, 0) is 54.9 Å². The number of fused-ring (bicyclic) bond motifs is 2. The van der Waals surface area contributed by atoms with E-state index in [1.54, 1.807) is 0 Å². The Labute approximate surface area is 162 Å². The van der Waals surface area contributed by atoms with Crippen molar-refractivity contribution in [1.29, 1.82) is 0 Å². The number of allylic oxidation sites excluding steroid dienone is 1. The third-order valence-electron chi connectivity index (χ3n) is 6.53. The second kappa shape index (κ2) is 5.97. The van der Waals surface area contributed by atoms with Crippen LogP contribution in [0.25, 0.3) is 5.57 Å². The van der Waals surface area contributed by atoms with E-state index in [0.717, 1.165) is 29.5 Å². The lowest BCUT2D eigenvalue weighted by molar-refractivity contribution is -0.136. The van der Waals surface area contributed by atoms with Gasteiger partial charge in [-0.3, -0.25) is 0 Å². The zero-order valence-corrected chi connectivity index (χ0v) is 16.9. The molecule has 2 fully saturated rings. The molecule has 0 N–H and O–H groups in total. The van der Waals surface area contributed by atoms with E-state index in [-0.39, 0.29) is 28.5 Å². The first-order valence-electron chi connectivity index (χ1n) is 9.92. The fourth-order valence-corrected chi connectivity index (χ4v) is 4.58. The molecule has 4 rings (SSSR count). The molecule has 27 heavy (non-hydrogen) atoms. The third-order valence-corrected chi connectivity index (χ3v) is 6.53. The largest absolute Gasteiger partial charge is 0.462 e. The molecule has 1 aromatic carbocycles. The molecule has 142 valence electrons. The van der Waals surface area contributed by atoms with Crippen LogP contribution in [0.5, 0.6) is 0 Å². The maximum Gasteiger partial charge on any atom is 0.338 e. The van der Waals surface area contributed by atoms with E-state index in [9.17, 15) is 4.79 Å². The van der Waals surface area contributed by atoms with Gasteiger partial charge in [-0.1, -0.05) is 51.7 Å². The molecule has 3 nitrogen and oxygen atoms in total. The molecular weight excluding hydrogens is 336 g/mol. The van der Waals surface area contributed by atoms with E-state index >= 15 is 0 Å². The Morgan fingerprint density at radius 3 is 2.78 bits per heavy atom. The van der Waals surface area contributed by atoms with Crippen molar-refractivity contribution in [1.82, 2.24) is 0 Å². The van der Waals surface area contributed by atoms with Crippen molar-refractivity contribution in [2.75, 3.05) is 6.61 Å². The molecule has 3 aliphatic rings. The Morgan fingerprint density at radius 2 is 2.04 bits per heavy atom. The van der Waals surface area contributed by atoms with Crippen LogP contribution >= 0.6 is 0 Å². The van der Waals surface area contributed by atoms with Gasteiger partial charge in [-0.15, -0.1) is 0 Å². The Balaban J connectivity index is 1.59. The number of hydrogen-bond donors (Lipinski definition) is 0. The summed E-state index contributed by atoms with van der Waals surface area (Å²) in [5.74, 6) is 6.63. The summed E-state index contributed by atoms with van der Waals surface area (Å²) in [5.41, 5.74) is 3.68. The van der Waals surface area contributed by atoms with Gasteiger partial charge in [0.2, 0.25) is 0 Å². The highest BCUT2D eigenvalue weighted by atomic mass is 16.6. The zero-order valence-electron chi connectivity index (χ0n) is 16.9. The first-order chi connectivity index (χ1) is 12.7. The topological polar surface area (TPSA) is 38.8 Å². The van der Waals surface area contributed by atoms with E-state index < -0.39 is 0 Å². The SMILES string of the molecule is CCOC(=O)C1=CCc2cc(C#CC34OC3C(C)(C)CCC4(C)C)ccc21. The minimum atomic E-state index is -0.331. The molecule has 2 unspecified atom stereocenters. The van der Waals surface area contributed by atoms with Crippen LogP contribution in [0.4, 0.5) is 0 Å². The molecule has 3 heteroatoms. The second-order valence-electron chi connectivity index (χ2n) is 9.27. The monoisotopic (exact) mass is 364 g/mol. The van der Waals surface area contributed by atoms with Gasteiger partial charge in [0.1, 0.15) is 6.10 Å². The van der Waals surface area contributed by atoms with Crippen LogP contribution in [-0.2, 0) is 20.7 Å². The first kappa shape index (κ1) is 18.3. The minimum Gasteiger partial charge on any atom is -0.462 e. The molecule has 0 bridgehead atoms. The molecule has 2 aliphatic carbocycles. The van der Waals surface area contributed by atoms with Crippen molar-refractivity contribution in [3.05, 3.63) is 41.0 Å². The molecule has 2 atom stereocenters. The predicted octanol–water partition coefficient (Wildman–Crippen LogP) is 4.52. The minimum absolute atomic E-state index is 0.0650. The molecule has 0 radical (unpaired) electrons. The summed E-state index contributed by atoms with van der Waals surface area (Å²) in [6.07, 6.45) is 5.22.